The van der Waals surface area contributed by atoms with E-state index in [1.807, 2.05) is 0 Å². The van der Waals surface area contributed by atoms with Crippen molar-refractivity contribution in [1.82, 2.24) is 0 Å². The summed E-state index contributed by atoms with van der Waals surface area (Å²) in [6.07, 6.45) is 6.11. The molecule has 68 valence electrons. The van der Waals surface area contributed by atoms with E-state index in [1.54, 1.807) is 0 Å². The largest absolute Gasteiger partial charge is 0.220 e. The highest BCUT2D eigenvalue weighted by Gasteiger charge is 2.16. The van der Waals surface area contributed by atoms with Crippen LogP contribution in [0.3, 0.4) is 0 Å². The number of halogens is 1. The van der Waals surface area contributed by atoms with E-state index in [2.05, 4.69) is 32.2 Å². The van der Waals surface area contributed by atoms with Crippen LogP contribution in [0, 0.1) is 0 Å². The van der Waals surface area contributed by atoms with Crippen LogP contribution in [0.5, 0.6) is 0 Å². The van der Waals surface area contributed by atoms with Gasteiger partial charge in [-0.1, -0.05) is 32.6 Å². The maximum absolute atomic E-state index is 12.6. The Bertz CT molecular complexity index is 88.6. The molecule has 0 aliphatic carbocycles. The van der Waals surface area contributed by atoms with E-state index in [1.165, 1.54) is 19.3 Å². The molecule has 0 spiro atoms. The molecule has 11 heavy (non-hydrogen) atoms. The Hall–Kier alpha value is 0.630. The van der Waals surface area contributed by atoms with Crippen molar-refractivity contribution in [2.24, 2.45) is 0 Å². The molecule has 0 aromatic rings. The van der Waals surface area contributed by atoms with E-state index >= 15 is 0 Å². The van der Waals surface area contributed by atoms with Crippen molar-refractivity contribution in [3.05, 3.63) is 0 Å². The van der Waals surface area contributed by atoms with Crippen molar-refractivity contribution < 1.29 is 4.39 Å². The third-order valence-electron chi connectivity index (χ3n) is 1.60. The van der Waals surface area contributed by atoms with Crippen LogP contribution < -0.4 is 0 Å². The van der Waals surface area contributed by atoms with Gasteiger partial charge in [0.2, 0.25) is 0 Å². The van der Waals surface area contributed by atoms with Gasteiger partial charge in [-0.2, -0.15) is 0 Å². The van der Waals surface area contributed by atoms with Crippen LogP contribution in [0.2, 0.25) is 0 Å². The van der Waals surface area contributed by atoms with Crippen molar-refractivity contribution in [2.75, 3.05) is 0 Å². The maximum atomic E-state index is 12.6. The normalized spacial score (nSPS) is 12.0. The quantitative estimate of drug-likeness (QED) is 0.360. The smallest absolute Gasteiger partial charge is 0.196 e. The molecule has 0 rings (SSSR count). The Balaban J connectivity index is 3.02. The summed E-state index contributed by atoms with van der Waals surface area (Å²) in [5.74, 6) is 0. The predicted octanol–water partition coefficient (Wildman–Crippen LogP) is 3.83. The molecule has 0 aromatic carbocycles. The monoisotopic (exact) mass is 196 g/mol. The fraction of sp³-hybridized carbons (Fsp3) is 1.00. The first kappa shape index (κ1) is 11.6. The van der Waals surface area contributed by atoms with Gasteiger partial charge in [0.1, 0.15) is 0 Å². The molecule has 3 heteroatoms. The van der Waals surface area contributed by atoms with Gasteiger partial charge >= 0.3 is 0 Å². The first-order chi connectivity index (χ1) is 5.06. The Morgan fingerprint density at radius 2 is 1.64 bits per heavy atom. The Labute approximate surface area is 79.8 Å². The topological polar surface area (TPSA) is 0 Å². The molecular formula is C8H17FS2. The molecule has 0 aliphatic heterocycles. The number of rotatable bonds is 6. The van der Waals surface area contributed by atoms with Crippen LogP contribution in [0.4, 0.5) is 4.39 Å². The molecule has 0 N–H and O–H groups in total. The second-order valence-corrected chi connectivity index (χ2v) is 4.65. The van der Waals surface area contributed by atoms with Gasteiger partial charge in [-0.15, -0.1) is 25.3 Å². The molecule has 0 aromatic heterocycles. The van der Waals surface area contributed by atoms with Gasteiger partial charge in [0.05, 0.1) is 0 Å². The van der Waals surface area contributed by atoms with Crippen molar-refractivity contribution in [1.29, 1.82) is 0 Å². The summed E-state index contributed by atoms with van der Waals surface area (Å²) in [6.45, 7) is 2.16. The Morgan fingerprint density at radius 3 is 2.09 bits per heavy atom. The fourth-order valence-electron chi connectivity index (χ4n) is 0.953. The lowest BCUT2D eigenvalue weighted by molar-refractivity contribution is 0.380. The average Bonchev–Trinajstić information content (AvgIpc) is 1.85. The maximum Gasteiger partial charge on any atom is 0.196 e. The molecule has 0 bridgehead atoms. The van der Waals surface area contributed by atoms with Crippen molar-refractivity contribution >= 4 is 25.3 Å². The summed E-state index contributed by atoms with van der Waals surface area (Å²) < 4.78 is 11.1. The molecule has 0 saturated heterocycles. The molecule has 0 radical (unpaired) electrons. The molecule has 0 heterocycles. The lowest BCUT2D eigenvalue weighted by Gasteiger charge is -2.10. The summed E-state index contributed by atoms with van der Waals surface area (Å²) >= 11 is 7.35. The van der Waals surface area contributed by atoms with E-state index in [-0.39, 0.29) is 0 Å². The van der Waals surface area contributed by atoms with Crippen LogP contribution in [0.1, 0.15) is 45.4 Å². The zero-order chi connectivity index (χ0) is 8.74. The Kier molecular flexibility index (Phi) is 6.53. The SMILES string of the molecule is CCCCCCCC(F)(S)S. The zero-order valence-electron chi connectivity index (χ0n) is 7.02. The highest BCUT2D eigenvalue weighted by atomic mass is 32.2. The summed E-state index contributed by atoms with van der Waals surface area (Å²) in [5.41, 5.74) is 0. The van der Waals surface area contributed by atoms with Gasteiger partial charge in [0.15, 0.2) is 4.33 Å². The van der Waals surface area contributed by atoms with Gasteiger partial charge in [-0.05, 0) is 6.42 Å². The molecule has 0 fully saturated rings. The summed E-state index contributed by atoms with van der Waals surface area (Å²) in [4.78, 5) is 0. The minimum Gasteiger partial charge on any atom is -0.220 e. The van der Waals surface area contributed by atoms with Crippen LogP contribution in [-0.2, 0) is 0 Å². The number of thiol groups is 2. The molecule has 0 nitrogen and oxygen atoms in total. The first-order valence-electron chi connectivity index (χ1n) is 4.20. The van der Waals surface area contributed by atoms with Crippen molar-refractivity contribution in [3.63, 3.8) is 0 Å². The van der Waals surface area contributed by atoms with Crippen LogP contribution in [-0.4, -0.2) is 4.33 Å². The molecule has 0 saturated carbocycles. The standard InChI is InChI=1S/C8H17FS2/c1-2-3-4-5-6-7-8(9,10)11/h10-11H,2-7H2,1H3. The van der Waals surface area contributed by atoms with E-state index in [0.29, 0.717) is 6.42 Å². The van der Waals surface area contributed by atoms with Crippen LogP contribution in [0.15, 0.2) is 0 Å². The molecule has 0 unspecified atom stereocenters. The molecule has 0 atom stereocenters. The molecule has 0 amide bonds. The third kappa shape index (κ3) is 10.6. The average molecular weight is 196 g/mol. The Morgan fingerprint density at radius 1 is 1.09 bits per heavy atom. The minimum absolute atomic E-state index is 0.447. The van der Waals surface area contributed by atoms with Crippen LogP contribution >= 0.6 is 25.3 Å². The number of alkyl halides is 1. The van der Waals surface area contributed by atoms with Gasteiger partial charge in [-0.3, -0.25) is 0 Å². The second kappa shape index (κ2) is 6.18. The number of hydrogen-bond acceptors (Lipinski definition) is 2. The van der Waals surface area contributed by atoms with Crippen molar-refractivity contribution in [3.8, 4) is 0 Å². The van der Waals surface area contributed by atoms with Gasteiger partial charge in [-0.25, -0.2) is 4.39 Å². The lowest BCUT2D eigenvalue weighted by atomic mass is 10.1. The predicted molar refractivity (Wildman–Crippen MR) is 55.2 cm³/mol. The van der Waals surface area contributed by atoms with Crippen molar-refractivity contribution in [2.45, 2.75) is 49.8 Å². The highest BCUT2D eigenvalue weighted by molar-refractivity contribution is 8.00. The van der Waals surface area contributed by atoms with Gasteiger partial charge in [0.25, 0.3) is 0 Å². The minimum atomic E-state index is -1.56. The molecular weight excluding hydrogens is 179 g/mol. The summed E-state index contributed by atoms with van der Waals surface area (Å²) in [6, 6.07) is 0. The third-order valence-corrected chi connectivity index (χ3v) is 2.05. The van der Waals surface area contributed by atoms with E-state index < -0.39 is 4.33 Å². The zero-order valence-corrected chi connectivity index (χ0v) is 8.80. The summed E-state index contributed by atoms with van der Waals surface area (Å²) in [5, 5.41) is 0. The first-order valence-corrected chi connectivity index (χ1v) is 5.09. The number of hydrogen-bond donors (Lipinski definition) is 2. The fourth-order valence-corrected chi connectivity index (χ4v) is 1.27. The lowest BCUT2D eigenvalue weighted by Crippen LogP contribution is -2.02. The van der Waals surface area contributed by atoms with Crippen LogP contribution in [0.25, 0.3) is 0 Å². The van der Waals surface area contributed by atoms with E-state index in [9.17, 15) is 4.39 Å². The second-order valence-electron chi connectivity index (χ2n) is 2.88. The summed E-state index contributed by atoms with van der Waals surface area (Å²) in [7, 11) is 0. The van der Waals surface area contributed by atoms with Gasteiger partial charge in [0, 0.05) is 6.42 Å². The number of unbranched alkanes of at least 4 members (excludes halogenated alkanes) is 4. The molecule has 0 aliphatic rings. The van der Waals surface area contributed by atoms with E-state index in [0.717, 1.165) is 12.8 Å². The van der Waals surface area contributed by atoms with E-state index in [4.69, 9.17) is 0 Å². The highest BCUT2D eigenvalue weighted by Crippen LogP contribution is 2.27. The van der Waals surface area contributed by atoms with Gasteiger partial charge < -0.3 is 0 Å².